The molecule has 0 spiro atoms. The number of aromatic nitrogens is 3. The van der Waals surface area contributed by atoms with Crippen LogP contribution in [0.4, 0.5) is 0 Å². The summed E-state index contributed by atoms with van der Waals surface area (Å²) in [6, 6.07) is -0.105. The molecule has 0 aliphatic carbocycles. The zero-order valence-corrected chi connectivity index (χ0v) is 8.67. The molecule has 0 saturated carbocycles. The molecule has 1 aromatic heterocycles. The number of carbonyl (C=O) groups excluding carboxylic acids is 1. The molecule has 0 amide bonds. The average Bonchev–Trinajstić information content (AvgIpc) is 2.89. The van der Waals surface area contributed by atoms with Crippen molar-refractivity contribution in [1.82, 2.24) is 20.3 Å². The molecule has 15 heavy (non-hydrogen) atoms. The lowest BCUT2D eigenvalue weighted by molar-refractivity contribution is -0.119. The minimum Gasteiger partial charge on any atom is -0.349 e. The molecule has 1 saturated heterocycles. The number of nitrogens with zero attached hydrogens (tertiary/aromatic N) is 3. The standard InChI is InChI=1S/C8H11ClN4O2/c9-3-6(13-2-1-11-12-13)7-4-10-8(5-14)15-7/h1-2,5-8,10H,3-4H2. The van der Waals surface area contributed by atoms with Crippen molar-refractivity contribution >= 4 is 17.9 Å². The van der Waals surface area contributed by atoms with Crippen molar-refractivity contribution in [3.63, 3.8) is 0 Å². The topological polar surface area (TPSA) is 69.0 Å². The number of nitrogens with one attached hydrogen (secondary N) is 1. The fraction of sp³-hybridized carbons (Fsp3) is 0.625. The molecular weight excluding hydrogens is 220 g/mol. The van der Waals surface area contributed by atoms with Gasteiger partial charge in [0.25, 0.3) is 0 Å². The molecule has 1 aliphatic rings. The molecule has 3 atom stereocenters. The van der Waals surface area contributed by atoms with Gasteiger partial charge in [-0.15, -0.1) is 16.7 Å². The Balaban J connectivity index is 2.05. The van der Waals surface area contributed by atoms with Crippen LogP contribution in [0.15, 0.2) is 12.4 Å². The first-order chi connectivity index (χ1) is 7.35. The second kappa shape index (κ2) is 4.69. The summed E-state index contributed by atoms with van der Waals surface area (Å²) in [6.07, 6.45) is 3.35. The first kappa shape index (κ1) is 10.5. The largest absolute Gasteiger partial charge is 0.349 e. The van der Waals surface area contributed by atoms with Gasteiger partial charge in [0.15, 0.2) is 12.5 Å². The van der Waals surface area contributed by atoms with Gasteiger partial charge in [-0.1, -0.05) is 5.21 Å². The van der Waals surface area contributed by atoms with Crippen LogP contribution in [0.1, 0.15) is 6.04 Å². The molecular formula is C8H11ClN4O2. The molecule has 82 valence electrons. The molecule has 1 N–H and O–H groups in total. The van der Waals surface area contributed by atoms with E-state index in [0.29, 0.717) is 12.4 Å². The molecule has 0 radical (unpaired) electrons. The molecule has 1 aromatic rings. The van der Waals surface area contributed by atoms with Crippen LogP contribution < -0.4 is 5.32 Å². The van der Waals surface area contributed by atoms with Gasteiger partial charge in [0.05, 0.1) is 18.3 Å². The number of alkyl halides is 1. The Hall–Kier alpha value is -0.980. The van der Waals surface area contributed by atoms with Crippen LogP contribution in [0.25, 0.3) is 0 Å². The number of hydrogen-bond donors (Lipinski definition) is 1. The van der Waals surface area contributed by atoms with Crippen LogP contribution in [0, 0.1) is 0 Å². The van der Waals surface area contributed by atoms with Gasteiger partial charge in [-0.05, 0) is 0 Å². The van der Waals surface area contributed by atoms with E-state index < -0.39 is 6.23 Å². The third kappa shape index (κ3) is 2.17. The molecule has 0 bridgehead atoms. The van der Waals surface area contributed by atoms with Crippen molar-refractivity contribution in [3.05, 3.63) is 12.4 Å². The minimum atomic E-state index is -0.538. The summed E-state index contributed by atoms with van der Waals surface area (Å²) in [5, 5.41) is 10.5. The molecule has 0 aromatic carbocycles. The predicted octanol–water partition coefficient (Wildman–Crippen LogP) is -0.429. The summed E-state index contributed by atoms with van der Waals surface area (Å²) in [5.41, 5.74) is 0. The van der Waals surface area contributed by atoms with Crippen LogP contribution in [0.2, 0.25) is 0 Å². The highest BCUT2D eigenvalue weighted by molar-refractivity contribution is 6.18. The van der Waals surface area contributed by atoms with E-state index in [2.05, 4.69) is 15.6 Å². The highest BCUT2D eigenvalue weighted by Crippen LogP contribution is 2.19. The van der Waals surface area contributed by atoms with Gasteiger partial charge in [-0.25, -0.2) is 4.68 Å². The average molecular weight is 231 g/mol. The van der Waals surface area contributed by atoms with Gasteiger partial charge in [0.1, 0.15) is 0 Å². The SMILES string of the molecule is O=CC1NCC(C(CCl)n2ccnn2)O1. The number of rotatable bonds is 4. The molecule has 2 rings (SSSR count). The van der Waals surface area contributed by atoms with Gasteiger partial charge in [-0.3, -0.25) is 10.1 Å². The van der Waals surface area contributed by atoms with E-state index in [-0.39, 0.29) is 12.1 Å². The lowest BCUT2D eigenvalue weighted by Gasteiger charge is -2.19. The Morgan fingerprint density at radius 3 is 3.20 bits per heavy atom. The summed E-state index contributed by atoms with van der Waals surface area (Å²) in [6.45, 7) is 0.584. The van der Waals surface area contributed by atoms with Crippen LogP contribution in [0.5, 0.6) is 0 Å². The Bertz CT molecular complexity index is 318. The normalized spacial score (nSPS) is 27.8. The molecule has 6 nitrogen and oxygen atoms in total. The molecule has 2 heterocycles. The van der Waals surface area contributed by atoms with Crippen LogP contribution in [0.3, 0.4) is 0 Å². The van der Waals surface area contributed by atoms with Crippen LogP contribution >= 0.6 is 11.6 Å². The lowest BCUT2D eigenvalue weighted by Crippen LogP contribution is -2.29. The molecule has 7 heteroatoms. The predicted molar refractivity (Wildman–Crippen MR) is 52.5 cm³/mol. The van der Waals surface area contributed by atoms with E-state index in [1.807, 2.05) is 0 Å². The number of hydrogen-bond acceptors (Lipinski definition) is 5. The zero-order chi connectivity index (χ0) is 10.7. The highest BCUT2D eigenvalue weighted by Gasteiger charge is 2.32. The number of ether oxygens (including phenoxy) is 1. The van der Waals surface area contributed by atoms with E-state index >= 15 is 0 Å². The van der Waals surface area contributed by atoms with E-state index in [0.717, 1.165) is 6.29 Å². The molecule has 1 aliphatic heterocycles. The van der Waals surface area contributed by atoms with Gasteiger partial charge in [0, 0.05) is 18.6 Å². The van der Waals surface area contributed by atoms with Crippen molar-refractivity contribution in [2.45, 2.75) is 18.4 Å². The maximum Gasteiger partial charge on any atom is 0.165 e. The van der Waals surface area contributed by atoms with Crippen molar-refractivity contribution < 1.29 is 9.53 Å². The van der Waals surface area contributed by atoms with E-state index in [1.54, 1.807) is 17.1 Å². The third-order valence-corrected chi connectivity index (χ3v) is 2.65. The summed E-state index contributed by atoms with van der Waals surface area (Å²) in [4.78, 5) is 10.5. The van der Waals surface area contributed by atoms with Crippen molar-refractivity contribution in [1.29, 1.82) is 0 Å². The first-order valence-corrected chi connectivity index (χ1v) is 5.14. The van der Waals surface area contributed by atoms with Gasteiger partial charge < -0.3 is 4.74 Å². The van der Waals surface area contributed by atoms with E-state index in [9.17, 15) is 4.79 Å². The molecule has 3 unspecified atom stereocenters. The second-order valence-electron chi connectivity index (χ2n) is 3.24. The van der Waals surface area contributed by atoms with Crippen LogP contribution in [-0.2, 0) is 9.53 Å². The summed E-state index contributed by atoms with van der Waals surface area (Å²) in [5.74, 6) is 0.362. The van der Waals surface area contributed by atoms with Crippen LogP contribution in [-0.4, -0.2) is 46.0 Å². The van der Waals surface area contributed by atoms with Crippen molar-refractivity contribution in [2.24, 2.45) is 0 Å². The summed E-state index contributed by atoms with van der Waals surface area (Å²) >= 11 is 5.85. The Morgan fingerprint density at radius 2 is 2.67 bits per heavy atom. The Labute approximate surface area is 91.5 Å². The first-order valence-electron chi connectivity index (χ1n) is 4.61. The quantitative estimate of drug-likeness (QED) is 0.562. The van der Waals surface area contributed by atoms with E-state index in [1.165, 1.54) is 0 Å². The van der Waals surface area contributed by atoms with Gasteiger partial charge >= 0.3 is 0 Å². The Kier molecular flexibility index (Phi) is 3.30. The summed E-state index contributed by atoms with van der Waals surface area (Å²) in [7, 11) is 0. The van der Waals surface area contributed by atoms with Gasteiger partial charge in [0.2, 0.25) is 0 Å². The van der Waals surface area contributed by atoms with Crippen molar-refractivity contribution in [2.75, 3.05) is 12.4 Å². The number of aldehydes is 1. The fourth-order valence-corrected chi connectivity index (χ4v) is 1.90. The zero-order valence-electron chi connectivity index (χ0n) is 7.91. The third-order valence-electron chi connectivity index (χ3n) is 2.33. The summed E-state index contributed by atoms with van der Waals surface area (Å²) < 4.78 is 7.08. The number of carbonyl (C=O) groups is 1. The van der Waals surface area contributed by atoms with E-state index in [4.69, 9.17) is 16.3 Å². The molecule has 1 fully saturated rings. The maximum absolute atomic E-state index is 10.5. The monoisotopic (exact) mass is 230 g/mol. The lowest BCUT2D eigenvalue weighted by atomic mass is 10.2. The highest BCUT2D eigenvalue weighted by atomic mass is 35.5. The fourth-order valence-electron chi connectivity index (χ4n) is 1.56. The maximum atomic E-state index is 10.5. The minimum absolute atomic E-state index is 0.105. The Morgan fingerprint density at radius 1 is 1.80 bits per heavy atom. The smallest absolute Gasteiger partial charge is 0.165 e. The van der Waals surface area contributed by atoms with Gasteiger partial charge in [-0.2, -0.15) is 0 Å². The second-order valence-corrected chi connectivity index (χ2v) is 3.55. The number of halogens is 1. The van der Waals surface area contributed by atoms with Crippen molar-refractivity contribution in [3.8, 4) is 0 Å².